The van der Waals surface area contributed by atoms with Crippen molar-refractivity contribution in [3.05, 3.63) is 76.8 Å². The van der Waals surface area contributed by atoms with Gasteiger partial charge in [0.1, 0.15) is 13.2 Å². The summed E-state index contributed by atoms with van der Waals surface area (Å²) >= 11 is 6.21. The quantitative estimate of drug-likeness (QED) is 0.239. The molecule has 4 aromatic rings. The maximum absolute atomic E-state index is 12.7. The van der Waals surface area contributed by atoms with Crippen LogP contribution in [-0.4, -0.2) is 67.0 Å². The van der Waals surface area contributed by atoms with E-state index in [0.717, 1.165) is 29.6 Å². The summed E-state index contributed by atoms with van der Waals surface area (Å²) in [5, 5.41) is 12.4. The molecule has 40 heavy (non-hydrogen) atoms. The van der Waals surface area contributed by atoms with Gasteiger partial charge in [-0.05, 0) is 81.7 Å². The monoisotopic (exact) mass is 560 g/mol. The molecule has 1 aliphatic heterocycles. The van der Waals surface area contributed by atoms with Gasteiger partial charge in [0, 0.05) is 34.6 Å². The molecule has 208 valence electrons. The van der Waals surface area contributed by atoms with Gasteiger partial charge in [-0.2, -0.15) is 0 Å². The number of hydrogen-bond acceptors (Lipinski definition) is 6. The summed E-state index contributed by atoms with van der Waals surface area (Å²) < 4.78 is 11.5. The first-order valence-electron chi connectivity index (χ1n) is 13.4. The van der Waals surface area contributed by atoms with E-state index in [2.05, 4.69) is 9.88 Å². The number of aromatic hydroxyl groups is 1. The van der Waals surface area contributed by atoms with Gasteiger partial charge < -0.3 is 29.4 Å². The highest BCUT2D eigenvalue weighted by molar-refractivity contribution is 6.31. The van der Waals surface area contributed by atoms with E-state index in [1.165, 1.54) is 0 Å². The number of nitrogens with one attached hydrogen (secondary N) is 1. The van der Waals surface area contributed by atoms with E-state index in [1.807, 2.05) is 74.4 Å². The van der Waals surface area contributed by atoms with Crippen molar-refractivity contribution < 1.29 is 19.4 Å². The van der Waals surface area contributed by atoms with Crippen LogP contribution in [-0.2, 0) is 4.79 Å². The predicted molar refractivity (Wildman–Crippen MR) is 160 cm³/mol. The van der Waals surface area contributed by atoms with Crippen LogP contribution in [0.25, 0.3) is 10.9 Å². The van der Waals surface area contributed by atoms with Crippen molar-refractivity contribution in [2.45, 2.75) is 19.8 Å². The molecule has 0 bridgehead atoms. The van der Waals surface area contributed by atoms with Gasteiger partial charge in [0.15, 0.2) is 17.4 Å². The summed E-state index contributed by atoms with van der Waals surface area (Å²) in [4.78, 5) is 24.7. The first kappa shape index (κ1) is 27.6. The second-order valence-electron chi connectivity index (χ2n) is 9.93. The van der Waals surface area contributed by atoms with Crippen LogP contribution in [0.2, 0.25) is 5.02 Å². The third-order valence-corrected chi connectivity index (χ3v) is 7.02. The predicted octanol–water partition coefficient (Wildman–Crippen LogP) is 6.16. The van der Waals surface area contributed by atoms with Gasteiger partial charge >= 0.3 is 0 Å². The second kappa shape index (κ2) is 12.0. The summed E-state index contributed by atoms with van der Waals surface area (Å²) in [7, 11) is 4.05. The standard InChI is InChI=1S/C31H33ClN4O4/c1-4-28(37)36(15-5-14-35(2)3)23-10-8-22(9-11-23)33-30(20-6-13-26-27(18-20)40-17-16-39-26)29-24-12-7-21(32)19-25(24)34-31(29)38/h6-13,18-19,34,38H,4-5,14-17H2,1-3H3. The summed E-state index contributed by atoms with van der Waals surface area (Å²) in [5.74, 6) is 1.36. The number of aromatic nitrogens is 1. The lowest BCUT2D eigenvalue weighted by molar-refractivity contribution is -0.118. The van der Waals surface area contributed by atoms with Crippen LogP contribution in [0.1, 0.15) is 30.9 Å². The Bertz CT molecular complexity index is 1550. The lowest BCUT2D eigenvalue weighted by Crippen LogP contribution is -2.32. The Kier molecular flexibility index (Phi) is 8.28. The molecule has 8 nitrogen and oxygen atoms in total. The molecule has 1 aliphatic rings. The Morgan fingerprint density at radius 1 is 1.00 bits per heavy atom. The molecule has 0 fully saturated rings. The van der Waals surface area contributed by atoms with Crippen molar-refractivity contribution in [3.8, 4) is 17.4 Å². The first-order chi connectivity index (χ1) is 19.3. The zero-order chi connectivity index (χ0) is 28.2. The fourth-order valence-corrected chi connectivity index (χ4v) is 4.99. The van der Waals surface area contributed by atoms with E-state index in [0.29, 0.717) is 65.2 Å². The number of nitrogens with zero attached hydrogens (tertiary/aromatic N) is 3. The highest BCUT2D eigenvalue weighted by Crippen LogP contribution is 2.36. The molecule has 0 saturated heterocycles. The number of benzene rings is 3. The molecule has 1 amide bonds. The van der Waals surface area contributed by atoms with E-state index in [9.17, 15) is 9.90 Å². The normalized spacial score (nSPS) is 13.2. The molecular formula is C31H33ClN4O4. The van der Waals surface area contributed by atoms with Gasteiger partial charge in [0.05, 0.1) is 22.5 Å². The Morgan fingerprint density at radius 2 is 1.75 bits per heavy atom. The molecule has 2 N–H and O–H groups in total. The number of hydrogen-bond donors (Lipinski definition) is 2. The number of aliphatic imine (C=N–C) groups is 1. The number of halogens is 1. The number of carbonyl (C=O) groups excluding carboxylic acids is 1. The maximum Gasteiger partial charge on any atom is 0.226 e. The van der Waals surface area contributed by atoms with E-state index in [1.54, 1.807) is 12.1 Å². The van der Waals surface area contributed by atoms with Crippen molar-refractivity contribution in [2.24, 2.45) is 4.99 Å². The molecule has 0 saturated carbocycles. The number of amides is 1. The highest BCUT2D eigenvalue weighted by Gasteiger charge is 2.22. The third kappa shape index (κ3) is 5.93. The summed E-state index contributed by atoms with van der Waals surface area (Å²) in [6.45, 7) is 4.37. The number of anilines is 1. The van der Waals surface area contributed by atoms with Gasteiger partial charge in [-0.3, -0.25) is 4.79 Å². The molecule has 1 aromatic heterocycles. The van der Waals surface area contributed by atoms with Crippen LogP contribution in [0.3, 0.4) is 0 Å². The summed E-state index contributed by atoms with van der Waals surface area (Å²) in [6, 6.07) is 18.7. The molecular weight excluding hydrogens is 528 g/mol. The van der Waals surface area contributed by atoms with Gasteiger partial charge in [-0.1, -0.05) is 24.6 Å². The minimum atomic E-state index is -0.0110. The highest BCUT2D eigenvalue weighted by atomic mass is 35.5. The largest absolute Gasteiger partial charge is 0.494 e. The first-order valence-corrected chi connectivity index (χ1v) is 13.8. The molecule has 0 atom stereocenters. The van der Waals surface area contributed by atoms with E-state index >= 15 is 0 Å². The Hall–Kier alpha value is -4.01. The fourth-order valence-electron chi connectivity index (χ4n) is 4.82. The molecule has 3 aromatic carbocycles. The molecule has 5 rings (SSSR count). The molecule has 2 heterocycles. The zero-order valence-electron chi connectivity index (χ0n) is 22.9. The molecule has 0 aliphatic carbocycles. The van der Waals surface area contributed by atoms with Crippen LogP contribution in [0.15, 0.2) is 65.7 Å². The maximum atomic E-state index is 12.7. The van der Waals surface area contributed by atoms with E-state index in [4.69, 9.17) is 26.1 Å². The third-order valence-electron chi connectivity index (χ3n) is 6.79. The van der Waals surface area contributed by atoms with Crippen LogP contribution < -0.4 is 14.4 Å². The second-order valence-corrected chi connectivity index (χ2v) is 10.4. The van der Waals surface area contributed by atoms with Crippen molar-refractivity contribution in [1.82, 2.24) is 9.88 Å². The van der Waals surface area contributed by atoms with Crippen LogP contribution >= 0.6 is 11.6 Å². The van der Waals surface area contributed by atoms with Gasteiger partial charge in [-0.15, -0.1) is 0 Å². The van der Waals surface area contributed by atoms with Gasteiger partial charge in [0.25, 0.3) is 0 Å². The number of H-pyrrole nitrogens is 1. The lowest BCUT2D eigenvalue weighted by atomic mass is 10.00. The van der Waals surface area contributed by atoms with Crippen LogP contribution in [0, 0.1) is 0 Å². The molecule has 0 spiro atoms. The Morgan fingerprint density at radius 3 is 2.48 bits per heavy atom. The topological polar surface area (TPSA) is 90.4 Å². The van der Waals surface area contributed by atoms with E-state index in [-0.39, 0.29) is 11.8 Å². The number of fused-ring (bicyclic) bond motifs is 2. The molecule has 9 heteroatoms. The minimum absolute atomic E-state index is 0.0110. The van der Waals surface area contributed by atoms with Crippen molar-refractivity contribution in [3.63, 3.8) is 0 Å². The van der Waals surface area contributed by atoms with Crippen molar-refractivity contribution in [2.75, 3.05) is 45.3 Å². The number of rotatable bonds is 9. The zero-order valence-corrected chi connectivity index (χ0v) is 23.7. The van der Waals surface area contributed by atoms with Crippen LogP contribution in [0.4, 0.5) is 11.4 Å². The lowest BCUT2D eigenvalue weighted by Gasteiger charge is -2.23. The van der Waals surface area contributed by atoms with Gasteiger partial charge in [0.2, 0.25) is 5.91 Å². The number of aromatic amines is 1. The van der Waals surface area contributed by atoms with Crippen LogP contribution in [0.5, 0.6) is 17.4 Å². The SMILES string of the molecule is CCC(=O)N(CCCN(C)C)c1ccc(N=C(c2ccc3c(c2)OCCO3)c2c(O)[nH]c3cc(Cl)ccc23)cc1. The smallest absolute Gasteiger partial charge is 0.226 e. The summed E-state index contributed by atoms with van der Waals surface area (Å²) in [6.07, 6.45) is 1.30. The Labute approximate surface area is 238 Å². The minimum Gasteiger partial charge on any atom is -0.494 e. The average Bonchev–Trinajstić information content (AvgIpc) is 3.28. The Balaban J connectivity index is 1.56. The van der Waals surface area contributed by atoms with Gasteiger partial charge in [-0.25, -0.2) is 4.99 Å². The average molecular weight is 561 g/mol. The molecule has 0 unspecified atom stereocenters. The van der Waals surface area contributed by atoms with Crippen molar-refractivity contribution >= 4 is 45.5 Å². The number of ether oxygens (including phenoxy) is 2. The molecule has 0 radical (unpaired) electrons. The number of carbonyl (C=O) groups is 1. The van der Waals surface area contributed by atoms with E-state index < -0.39 is 0 Å². The van der Waals surface area contributed by atoms with Crippen molar-refractivity contribution in [1.29, 1.82) is 0 Å². The fraction of sp³-hybridized carbons (Fsp3) is 0.290. The summed E-state index contributed by atoms with van der Waals surface area (Å²) in [5.41, 5.74) is 4.07.